The van der Waals surface area contributed by atoms with Crippen LogP contribution in [0, 0.1) is 5.41 Å². The first-order chi connectivity index (χ1) is 17.2. The molecule has 2 aromatic carbocycles. The number of anilines is 2. The van der Waals surface area contributed by atoms with Crippen LogP contribution >= 0.6 is 11.6 Å². The Kier molecular flexibility index (Phi) is 6.70. The Morgan fingerprint density at radius 2 is 1.83 bits per heavy atom. The van der Waals surface area contributed by atoms with Gasteiger partial charge in [-0.3, -0.25) is 9.52 Å². The Morgan fingerprint density at radius 1 is 1.11 bits per heavy atom. The highest BCUT2D eigenvalue weighted by Gasteiger charge is 2.39. The van der Waals surface area contributed by atoms with Crippen LogP contribution in [-0.2, 0) is 10.0 Å². The van der Waals surface area contributed by atoms with Gasteiger partial charge in [0.15, 0.2) is 0 Å². The molecule has 1 aliphatic heterocycles. The summed E-state index contributed by atoms with van der Waals surface area (Å²) in [7, 11) is -3.53. The quantitative estimate of drug-likeness (QED) is 0.463. The standard InChI is InChI=1S/C26H29ClN4O4S/c1-26(12-13-26)18-35-24-23(17-28-31(25(24)32)21-9-5-6-19(27)16-21)30-14-10-22(11-15-30)36(33,34)29-20-7-3-2-4-8-20/h2-9,16-17,22,29H,10-15,18H2,1H3. The second-order valence-electron chi connectivity index (χ2n) is 9.85. The summed E-state index contributed by atoms with van der Waals surface area (Å²) in [6.45, 7) is 3.52. The largest absolute Gasteiger partial charge is 0.486 e. The number of sulfonamides is 1. The normalized spacial score (nSPS) is 17.6. The fourth-order valence-electron chi connectivity index (χ4n) is 4.35. The summed E-state index contributed by atoms with van der Waals surface area (Å²) in [5.74, 6) is 0.238. The van der Waals surface area contributed by atoms with Gasteiger partial charge in [0.1, 0.15) is 5.69 Å². The lowest BCUT2D eigenvalue weighted by molar-refractivity contribution is 0.243. The van der Waals surface area contributed by atoms with E-state index in [-0.39, 0.29) is 16.7 Å². The summed E-state index contributed by atoms with van der Waals surface area (Å²) in [4.78, 5) is 15.5. The second-order valence-corrected chi connectivity index (χ2v) is 12.3. The van der Waals surface area contributed by atoms with Crippen LogP contribution in [0.2, 0.25) is 5.02 Å². The average molecular weight is 529 g/mol. The van der Waals surface area contributed by atoms with Crippen molar-refractivity contribution in [3.8, 4) is 11.4 Å². The van der Waals surface area contributed by atoms with E-state index < -0.39 is 15.3 Å². The number of ether oxygens (including phenoxy) is 1. The lowest BCUT2D eigenvalue weighted by Crippen LogP contribution is -2.42. The lowest BCUT2D eigenvalue weighted by Gasteiger charge is -2.34. The van der Waals surface area contributed by atoms with Gasteiger partial charge in [0.05, 0.1) is 23.7 Å². The van der Waals surface area contributed by atoms with Crippen LogP contribution < -0.4 is 19.9 Å². The van der Waals surface area contributed by atoms with E-state index in [1.165, 1.54) is 4.68 Å². The van der Waals surface area contributed by atoms with Crippen molar-refractivity contribution >= 4 is 33.0 Å². The fourth-order valence-corrected chi connectivity index (χ4v) is 5.99. The molecule has 3 aromatic rings. The van der Waals surface area contributed by atoms with E-state index in [0.717, 1.165) is 12.8 Å². The van der Waals surface area contributed by atoms with E-state index in [1.54, 1.807) is 54.7 Å². The first-order valence-corrected chi connectivity index (χ1v) is 14.0. The molecule has 0 radical (unpaired) electrons. The van der Waals surface area contributed by atoms with Crippen molar-refractivity contribution < 1.29 is 13.2 Å². The molecule has 0 atom stereocenters. The number of piperidine rings is 1. The summed E-state index contributed by atoms with van der Waals surface area (Å²) in [6, 6.07) is 15.8. The van der Waals surface area contributed by atoms with Crippen LogP contribution in [0.5, 0.6) is 5.75 Å². The van der Waals surface area contributed by atoms with Crippen molar-refractivity contribution in [2.75, 3.05) is 29.3 Å². The van der Waals surface area contributed by atoms with Gasteiger partial charge >= 0.3 is 5.56 Å². The molecule has 2 aliphatic rings. The number of para-hydroxylation sites is 1. The number of rotatable bonds is 8. The third kappa shape index (κ3) is 5.37. The summed E-state index contributed by atoms with van der Waals surface area (Å²) < 4.78 is 36.0. The van der Waals surface area contributed by atoms with Crippen LogP contribution in [-0.4, -0.2) is 43.1 Å². The molecule has 1 aromatic heterocycles. The maximum absolute atomic E-state index is 13.5. The maximum atomic E-state index is 13.5. The van der Waals surface area contributed by atoms with Crippen molar-refractivity contribution in [1.29, 1.82) is 0 Å². The minimum Gasteiger partial charge on any atom is -0.486 e. The molecule has 5 rings (SSSR count). The SMILES string of the molecule is CC1(COc2c(N3CCC(S(=O)(=O)Nc4ccccc4)CC3)cnn(-c3cccc(Cl)c3)c2=O)CC1. The molecular weight excluding hydrogens is 500 g/mol. The van der Waals surface area contributed by atoms with E-state index in [2.05, 4.69) is 16.7 Å². The summed E-state index contributed by atoms with van der Waals surface area (Å²) in [5.41, 5.74) is 1.42. The molecule has 2 heterocycles. The zero-order valence-electron chi connectivity index (χ0n) is 20.1. The second kappa shape index (κ2) is 9.78. The van der Waals surface area contributed by atoms with E-state index in [0.29, 0.717) is 54.6 Å². The highest BCUT2D eigenvalue weighted by molar-refractivity contribution is 7.93. The van der Waals surface area contributed by atoms with Gasteiger partial charge in [0.2, 0.25) is 15.8 Å². The number of hydrogen-bond donors (Lipinski definition) is 1. The van der Waals surface area contributed by atoms with E-state index in [9.17, 15) is 13.2 Å². The third-order valence-electron chi connectivity index (χ3n) is 6.89. The number of aromatic nitrogens is 2. The van der Waals surface area contributed by atoms with E-state index in [4.69, 9.17) is 16.3 Å². The Bertz CT molecular complexity index is 1400. The van der Waals surface area contributed by atoms with Gasteiger partial charge in [-0.1, -0.05) is 42.8 Å². The minimum atomic E-state index is -3.53. The molecule has 1 saturated heterocycles. The van der Waals surface area contributed by atoms with Crippen molar-refractivity contribution in [3.05, 3.63) is 76.2 Å². The van der Waals surface area contributed by atoms with Crippen LogP contribution in [0.25, 0.3) is 5.69 Å². The summed E-state index contributed by atoms with van der Waals surface area (Å²) in [6.07, 6.45) is 4.61. The zero-order valence-corrected chi connectivity index (χ0v) is 21.6. The maximum Gasteiger partial charge on any atom is 0.316 e. The van der Waals surface area contributed by atoms with Gasteiger partial charge in [0, 0.05) is 29.2 Å². The molecular formula is C26H29ClN4O4S. The number of hydrogen-bond acceptors (Lipinski definition) is 6. The predicted molar refractivity (Wildman–Crippen MR) is 142 cm³/mol. The molecule has 0 amide bonds. The molecule has 0 spiro atoms. The molecule has 1 saturated carbocycles. The molecule has 190 valence electrons. The average Bonchev–Trinajstić information content (AvgIpc) is 3.60. The highest BCUT2D eigenvalue weighted by Crippen LogP contribution is 2.45. The smallest absolute Gasteiger partial charge is 0.316 e. The fraction of sp³-hybridized carbons (Fsp3) is 0.385. The molecule has 1 aliphatic carbocycles. The van der Waals surface area contributed by atoms with Crippen LogP contribution in [0.4, 0.5) is 11.4 Å². The number of halogens is 1. The van der Waals surface area contributed by atoms with Crippen LogP contribution in [0.15, 0.2) is 65.6 Å². The van der Waals surface area contributed by atoms with Gasteiger partial charge in [-0.25, -0.2) is 8.42 Å². The Labute approximate surface area is 215 Å². The number of nitrogens with one attached hydrogen (secondary N) is 1. The van der Waals surface area contributed by atoms with Gasteiger partial charge in [-0.2, -0.15) is 9.78 Å². The van der Waals surface area contributed by atoms with Crippen molar-refractivity contribution in [1.82, 2.24) is 9.78 Å². The van der Waals surface area contributed by atoms with Crippen LogP contribution in [0.1, 0.15) is 32.6 Å². The summed E-state index contributed by atoms with van der Waals surface area (Å²) >= 11 is 6.13. The first-order valence-electron chi connectivity index (χ1n) is 12.1. The molecule has 36 heavy (non-hydrogen) atoms. The molecule has 0 unspecified atom stereocenters. The van der Waals surface area contributed by atoms with Gasteiger partial charge in [0.25, 0.3) is 0 Å². The Morgan fingerprint density at radius 3 is 2.50 bits per heavy atom. The van der Waals surface area contributed by atoms with E-state index in [1.807, 2.05) is 11.0 Å². The first kappa shape index (κ1) is 24.6. The molecule has 2 fully saturated rings. The molecule has 1 N–H and O–H groups in total. The number of nitrogens with zero attached hydrogens (tertiary/aromatic N) is 3. The minimum absolute atomic E-state index is 0.0814. The van der Waals surface area contributed by atoms with Gasteiger partial charge in [-0.15, -0.1) is 0 Å². The van der Waals surface area contributed by atoms with E-state index >= 15 is 0 Å². The molecule has 8 nitrogen and oxygen atoms in total. The predicted octanol–water partition coefficient (Wildman–Crippen LogP) is 4.48. The highest BCUT2D eigenvalue weighted by atomic mass is 35.5. The Balaban J connectivity index is 1.38. The van der Waals surface area contributed by atoms with Crippen LogP contribution in [0.3, 0.4) is 0 Å². The molecule has 0 bridgehead atoms. The Hall–Kier alpha value is -3.04. The van der Waals surface area contributed by atoms with Crippen molar-refractivity contribution in [2.24, 2.45) is 5.41 Å². The summed E-state index contributed by atoms with van der Waals surface area (Å²) in [5, 5.41) is 4.38. The molecule has 10 heteroatoms. The number of benzene rings is 2. The van der Waals surface area contributed by atoms with Gasteiger partial charge < -0.3 is 9.64 Å². The monoisotopic (exact) mass is 528 g/mol. The third-order valence-corrected chi connectivity index (χ3v) is 9.00. The van der Waals surface area contributed by atoms with Gasteiger partial charge in [-0.05, 0) is 56.0 Å². The van der Waals surface area contributed by atoms with Crippen molar-refractivity contribution in [2.45, 2.75) is 37.9 Å². The topological polar surface area (TPSA) is 93.5 Å². The van der Waals surface area contributed by atoms with Crippen molar-refractivity contribution in [3.63, 3.8) is 0 Å². The lowest BCUT2D eigenvalue weighted by atomic mass is 10.1. The zero-order chi connectivity index (χ0) is 25.3.